The van der Waals surface area contributed by atoms with Crippen LogP contribution in [-0.4, -0.2) is 23.9 Å². The second-order valence-electron chi connectivity index (χ2n) is 6.86. The molecule has 0 fully saturated rings. The Hall–Kier alpha value is -2.78. The molecule has 1 aliphatic carbocycles. The first-order valence-electron chi connectivity index (χ1n) is 8.01. The van der Waals surface area contributed by atoms with Gasteiger partial charge in [0, 0.05) is 31.8 Å². The Kier molecular flexibility index (Phi) is 4.67. The van der Waals surface area contributed by atoms with E-state index in [-0.39, 0.29) is 34.9 Å². The Labute approximate surface area is 142 Å². The van der Waals surface area contributed by atoms with E-state index < -0.39 is 5.41 Å². The molecular formula is C18H21N5O. The largest absolute Gasteiger partial charge is 0.399 e. The first-order valence-corrected chi connectivity index (χ1v) is 8.01. The van der Waals surface area contributed by atoms with Crippen molar-refractivity contribution in [3.63, 3.8) is 0 Å². The molecule has 0 unspecified atom stereocenters. The third kappa shape index (κ3) is 2.53. The minimum atomic E-state index is -1.53. The molecule has 6 nitrogen and oxygen atoms in total. The molecule has 124 valence electrons. The van der Waals surface area contributed by atoms with Crippen molar-refractivity contribution < 1.29 is 4.79 Å². The number of carbonyl (C=O) groups is 1. The maximum atomic E-state index is 11.8. The van der Waals surface area contributed by atoms with Crippen molar-refractivity contribution in [3.8, 4) is 18.2 Å². The summed E-state index contributed by atoms with van der Waals surface area (Å²) in [4.78, 5) is 13.5. The molecule has 0 saturated heterocycles. The average Bonchev–Trinajstić information content (AvgIpc) is 2.55. The number of hydrogen-bond donors (Lipinski definition) is 1. The van der Waals surface area contributed by atoms with Crippen LogP contribution < -0.4 is 5.73 Å². The smallest absolute Gasteiger partial charge is 0.219 e. The molecule has 2 atom stereocenters. The van der Waals surface area contributed by atoms with E-state index in [1.54, 1.807) is 4.90 Å². The summed E-state index contributed by atoms with van der Waals surface area (Å²) in [6.45, 7) is 6.36. The summed E-state index contributed by atoms with van der Waals surface area (Å²) in [6.07, 6.45) is 2.46. The van der Waals surface area contributed by atoms with Gasteiger partial charge in [-0.3, -0.25) is 4.79 Å². The number of rotatable bonds is 2. The predicted octanol–water partition coefficient (Wildman–Crippen LogP) is 1.84. The summed E-state index contributed by atoms with van der Waals surface area (Å²) in [5.41, 5.74) is 5.68. The number of carbonyl (C=O) groups excluding carboxylic acids is 1. The molecule has 1 heterocycles. The highest BCUT2D eigenvalue weighted by molar-refractivity contribution is 5.74. The molecule has 2 aliphatic rings. The molecule has 0 saturated carbocycles. The Morgan fingerprint density at radius 3 is 2.50 bits per heavy atom. The lowest BCUT2D eigenvalue weighted by molar-refractivity contribution is -0.129. The summed E-state index contributed by atoms with van der Waals surface area (Å²) >= 11 is 0. The quantitative estimate of drug-likeness (QED) is 0.831. The molecule has 6 heteroatoms. The number of nitrogens with two attached hydrogens (primary N) is 1. The number of hydrogen-bond acceptors (Lipinski definition) is 5. The van der Waals surface area contributed by atoms with Gasteiger partial charge in [0.2, 0.25) is 5.91 Å². The first-order chi connectivity index (χ1) is 11.3. The highest BCUT2D eigenvalue weighted by Crippen LogP contribution is 2.51. The molecule has 0 bridgehead atoms. The van der Waals surface area contributed by atoms with E-state index in [4.69, 9.17) is 5.73 Å². The van der Waals surface area contributed by atoms with Gasteiger partial charge < -0.3 is 10.6 Å². The second-order valence-corrected chi connectivity index (χ2v) is 6.86. The van der Waals surface area contributed by atoms with Gasteiger partial charge in [-0.2, -0.15) is 15.8 Å². The molecule has 2 N–H and O–H groups in total. The second kappa shape index (κ2) is 6.38. The van der Waals surface area contributed by atoms with Crippen molar-refractivity contribution in [2.45, 2.75) is 27.2 Å². The molecule has 0 radical (unpaired) electrons. The third-order valence-corrected chi connectivity index (χ3v) is 5.01. The van der Waals surface area contributed by atoms with Gasteiger partial charge >= 0.3 is 0 Å². The Bertz CT molecular complexity index is 727. The summed E-state index contributed by atoms with van der Waals surface area (Å²) in [5, 5.41) is 29.1. The lowest BCUT2D eigenvalue weighted by Gasteiger charge is -2.45. The van der Waals surface area contributed by atoms with Crippen LogP contribution in [-0.2, 0) is 4.79 Å². The third-order valence-electron chi connectivity index (χ3n) is 5.01. The zero-order valence-corrected chi connectivity index (χ0v) is 14.2. The molecule has 1 aliphatic heterocycles. The van der Waals surface area contributed by atoms with Crippen molar-refractivity contribution in [1.82, 2.24) is 4.90 Å². The van der Waals surface area contributed by atoms with E-state index in [1.165, 1.54) is 6.92 Å². The summed E-state index contributed by atoms with van der Waals surface area (Å²) in [5.74, 6) is -0.389. The first kappa shape index (κ1) is 17.6. The molecule has 24 heavy (non-hydrogen) atoms. The summed E-state index contributed by atoms with van der Waals surface area (Å²) < 4.78 is 0. The summed E-state index contributed by atoms with van der Waals surface area (Å²) in [6, 6.07) is 6.25. The maximum Gasteiger partial charge on any atom is 0.219 e. The fourth-order valence-electron chi connectivity index (χ4n) is 3.80. The van der Waals surface area contributed by atoms with Gasteiger partial charge in [0.05, 0.1) is 23.4 Å². The highest BCUT2D eigenvalue weighted by Gasteiger charge is 2.53. The minimum Gasteiger partial charge on any atom is -0.399 e. The lowest BCUT2D eigenvalue weighted by atomic mass is 9.58. The number of allylic oxidation sites excluding steroid dienone is 2. The van der Waals surface area contributed by atoms with E-state index in [1.807, 2.05) is 19.9 Å². The SMILES string of the molecule is CC(=O)N1CC=C2C(C#N)=C(N)C(C#N)(C#N)[C@@H](CC(C)C)[C@H]2C1. The van der Waals surface area contributed by atoms with Crippen molar-refractivity contribution in [2.24, 2.45) is 28.9 Å². The molecular weight excluding hydrogens is 302 g/mol. The Morgan fingerprint density at radius 2 is 2.04 bits per heavy atom. The van der Waals surface area contributed by atoms with Crippen LogP contribution in [0.4, 0.5) is 0 Å². The van der Waals surface area contributed by atoms with Crippen LogP contribution >= 0.6 is 0 Å². The standard InChI is InChI=1S/C18H21N5O/c1-11(2)6-16-15-8-23(12(3)24)5-4-13(15)14(7-19)17(22)18(16,9-20)10-21/h4,11,15-16H,5-6,8,22H2,1-3H3/t15-,16-/m0/s1. The van der Waals surface area contributed by atoms with Crippen LogP contribution in [0, 0.1) is 57.2 Å². The average molecular weight is 323 g/mol. The molecule has 2 rings (SSSR count). The van der Waals surface area contributed by atoms with Gasteiger partial charge in [-0.1, -0.05) is 19.9 Å². The van der Waals surface area contributed by atoms with E-state index in [0.29, 0.717) is 19.5 Å². The number of nitrogens with zero attached hydrogens (tertiary/aromatic N) is 4. The van der Waals surface area contributed by atoms with E-state index in [9.17, 15) is 20.6 Å². The molecule has 0 spiro atoms. The van der Waals surface area contributed by atoms with Gasteiger partial charge in [0.1, 0.15) is 6.07 Å². The predicted molar refractivity (Wildman–Crippen MR) is 87.3 cm³/mol. The topological polar surface area (TPSA) is 118 Å². The van der Waals surface area contributed by atoms with Crippen LogP contribution in [0.1, 0.15) is 27.2 Å². The normalized spacial score (nSPS) is 25.2. The minimum absolute atomic E-state index is 0.0550. The highest BCUT2D eigenvalue weighted by atomic mass is 16.2. The van der Waals surface area contributed by atoms with Crippen LogP contribution in [0.3, 0.4) is 0 Å². The number of nitriles is 3. The van der Waals surface area contributed by atoms with Crippen molar-refractivity contribution in [1.29, 1.82) is 15.8 Å². The molecule has 0 aromatic rings. The fourth-order valence-corrected chi connectivity index (χ4v) is 3.80. The number of fused-ring (bicyclic) bond motifs is 1. The molecule has 1 amide bonds. The van der Waals surface area contributed by atoms with Gasteiger partial charge in [0.25, 0.3) is 0 Å². The maximum absolute atomic E-state index is 11.8. The van der Waals surface area contributed by atoms with Crippen molar-refractivity contribution in [3.05, 3.63) is 22.9 Å². The number of amides is 1. The van der Waals surface area contributed by atoms with Crippen LogP contribution in [0.25, 0.3) is 0 Å². The van der Waals surface area contributed by atoms with Gasteiger partial charge in [-0.15, -0.1) is 0 Å². The Balaban J connectivity index is 2.69. The molecule has 0 aromatic heterocycles. The van der Waals surface area contributed by atoms with Gasteiger partial charge in [0.15, 0.2) is 5.41 Å². The van der Waals surface area contributed by atoms with Crippen LogP contribution in [0.5, 0.6) is 0 Å². The van der Waals surface area contributed by atoms with Crippen molar-refractivity contribution in [2.75, 3.05) is 13.1 Å². The van der Waals surface area contributed by atoms with Crippen LogP contribution in [0.15, 0.2) is 22.9 Å². The van der Waals surface area contributed by atoms with Crippen LogP contribution in [0.2, 0.25) is 0 Å². The monoisotopic (exact) mass is 323 g/mol. The van der Waals surface area contributed by atoms with Crippen molar-refractivity contribution >= 4 is 5.91 Å². The Morgan fingerprint density at radius 1 is 1.42 bits per heavy atom. The molecule has 0 aromatic carbocycles. The van der Waals surface area contributed by atoms with Gasteiger partial charge in [-0.25, -0.2) is 0 Å². The van der Waals surface area contributed by atoms with E-state index >= 15 is 0 Å². The van der Waals surface area contributed by atoms with E-state index in [0.717, 1.165) is 5.57 Å². The zero-order chi connectivity index (χ0) is 18.1. The zero-order valence-electron chi connectivity index (χ0n) is 14.2. The summed E-state index contributed by atoms with van der Waals surface area (Å²) in [7, 11) is 0. The van der Waals surface area contributed by atoms with E-state index in [2.05, 4.69) is 18.2 Å². The van der Waals surface area contributed by atoms with Gasteiger partial charge in [-0.05, 0) is 17.9 Å². The lowest BCUT2D eigenvalue weighted by Crippen LogP contribution is -2.50. The fraction of sp³-hybridized carbons (Fsp3) is 0.556.